The molecule has 27 heavy (non-hydrogen) atoms. The number of aryl methyl sites for hydroxylation is 1. The molecule has 0 fully saturated rings. The van der Waals surface area contributed by atoms with Gasteiger partial charge in [-0.3, -0.25) is 4.72 Å². The van der Waals surface area contributed by atoms with Crippen molar-refractivity contribution < 1.29 is 29.9 Å². The predicted octanol–water partition coefficient (Wildman–Crippen LogP) is 1.82. The van der Waals surface area contributed by atoms with Crippen LogP contribution >= 0.6 is 0 Å². The fourth-order valence-electron chi connectivity index (χ4n) is 3.59. The lowest BCUT2D eigenvalue weighted by atomic mass is 10.1. The van der Waals surface area contributed by atoms with Gasteiger partial charge in [-0.05, 0) is 50.8 Å². The van der Waals surface area contributed by atoms with E-state index in [1.807, 2.05) is 24.3 Å². The van der Waals surface area contributed by atoms with Crippen molar-refractivity contribution in [1.82, 2.24) is 0 Å². The lowest BCUT2D eigenvalue weighted by molar-refractivity contribution is -0.925. The second-order valence-electron chi connectivity index (χ2n) is 7.51. The molecule has 0 aromatic heterocycles. The maximum absolute atomic E-state index is 11.3. The number of sulfonamides is 1. The minimum Gasteiger partial charge on any atom is -1.00 e. The summed E-state index contributed by atoms with van der Waals surface area (Å²) in [6.45, 7) is 11.9. The Morgan fingerprint density at radius 3 is 1.93 bits per heavy atom. The Labute approximate surface area is 178 Å². The van der Waals surface area contributed by atoms with E-state index in [4.69, 9.17) is 0 Å². The second kappa shape index (κ2) is 13.6. The Hall–Kier alpha value is -0.590. The van der Waals surface area contributed by atoms with Crippen molar-refractivity contribution in [3.63, 3.8) is 0 Å². The minimum atomic E-state index is -3.20. The largest absolute Gasteiger partial charge is 1.00 e. The van der Waals surface area contributed by atoms with Crippen molar-refractivity contribution in [1.29, 1.82) is 0 Å². The molecule has 158 valence electrons. The molecule has 4 nitrogen and oxygen atoms in total. The van der Waals surface area contributed by atoms with Crippen LogP contribution in [0.15, 0.2) is 24.3 Å². The van der Waals surface area contributed by atoms with Gasteiger partial charge < -0.3 is 21.5 Å². The Bertz CT molecular complexity index is 599. The van der Waals surface area contributed by atoms with E-state index in [2.05, 4.69) is 25.5 Å². The SMILES string of the molecule is CCCCCCC[N+](CC)(CC)CCCc1ccc(NS(C)(=O)=O)cc1.[Br-]. The molecule has 0 amide bonds. The number of quaternary nitrogens is 1. The van der Waals surface area contributed by atoms with Crippen molar-refractivity contribution in [3.05, 3.63) is 29.8 Å². The number of anilines is 1. The summed E-state index contributed by atoms with van der Waals surface area (Å²) in [5, 5.41) is 0. The summed E-state index contributed by atoms with van der Waals surface area (Å²) in [6.07, 6.45) is 10.1. The number of halogens is 1. The van der Waals surface area contributed by atoms with E-state index in [1.165, 1.54) is 81.0 Å². The summed E-state index contributed by atoms with van der Waals surface area (Å²) < 4.78 is 26.3. The van der Waals surface area contributed by atoms with Crippen LogP contribution in [0.25, 0.3) is 0 Å². The molecule has 6 heteroatoms. The third-order valence-corrected chi connectivity index (χ3v) is 6.04. The van der Waals surface area contributed by atoms with Gasteiger partial charge in [0.25, 0.3) is 0 Å². The average molecular weight is 464 g/mol. The molecule has 1 aromatic rings. The third kappa shape index (κ3) is 11.1. The summed E-state index contributed by atoms with van der Waals surface area (Å²) in [5.41, 5.74) is 1.91. The van der Waals surface area contributed by atoms with Gasteiger partial charge in [-0.1, -0.05) is 38.3 Å². The van der Waals surface area contributed by atoms with Gasteiger partial charge in [0.1, 0.15) is 0 Å². The van der Waals surface area contributed by atoms with Gasteiger partial charge in [-0.15, -0.1) is 0 Å². The monoisotopic (exact) mass is 462 g/mol. The number of nitrogens with zero attached hydrogens (tertiary/aromatic N) is 1. The van der Waals surface area contributed by atoms with Crippen LogP contribution in [0.1, 0.15) is 64.9 Å². The van der Waals surface area contributed by atoms with E-state index in [0.29, 0.717) is 5.69 Å². The van der Waals surface area contributed by atoms with Crippen molar-refractivity contribution >= 4 is 15.7 Å². The number of hydrogen-bond donors (Lipinski definition) is 1. The standard InChI is InChI=1S/C21H39N2O2S.BrH/c1-5-8-9-10-11-18-23(6-2,7-3)19-12-13-20-14-16-21(17-15-20)22-26(4,24)25;/h14-17,22H,5-13,18-19H2,1-4H3;1H/q+1;/p-1. The van der Waals surface area contributed by atoms with Crippen molar-refractivity contribution in [3.8, 4) is 0 Å². The molecule has 0 saturated carbocycles. The number of rotatable bonds is 14. The van der Waals surface area contributed by atoms with Crippen LogP contribution in [0, 0.1) is 0 Å². The number of hydrogen-bond acceptors (Lipinski definition) is 2. The van der Waals surface area contributed by atoms with E-state index in [1.54, 1.807) is 0 Å². The van der Waals surface area contributed by atoms with Gasteiger partial charge in [0.05, 0.1) is 32.4 Å². The Kier molecular flexibility index (Phi) is 13.3. The molecule has 0 saturated heterocycles. The van der Waals surface area contributed by atoms with Crippen LogP contribution in [0.5, 0.6) is 0 Å². The molecule has 1 N–H and O–H groups in total. The molecule has 0 heterocycles. The maximum atomic E-state index is 11.3. The zero-order valence-electron chi connectivity index (χ0n) is 17.6. The maximum Gasteiger partial charge on any atom is 0.229 e. The first-order chi connectivity index (χ1) is 12.3. The van der Waals surface area contributed by atoms with E-state index in [9.17, 15) is 8.42 Å². The summed E-state index contributed by atoms with van der Waals surface area (Å²) >= 11 is 0. The summed E-state index contributed by atoms with van der Waals surface area (Å²) in [6, 6.07) is 7.77. The molecular formula is C21H39BrN2O2S. The highest BCUT2D eigenvalue weighted by Crippen LogP contribution is 2.16. The molecule has 0 aliphatic rings. The zero-order chi connectivity index (χ0) is 19.5. The average Bonchev–Trinajstić information content (AvgIpc) is 2.60. The molecule has 1 aromatic carbocycles. The highest BCUT2D eigenvalue weighted by molar-refractivity contribution is 7.92. The van der Waals surface area contributed by atoms with Crippen LogP contribution in [0.2, 0.25) is 0 Å². The Balaban J connectivity index is 0.00000676. The summed E-state index contributed by atoms with van der Waals surface area (Å²) in [4.78, 5) is 0. The molecule has 0 bridgehead atoms. The first-order valence-electron chi connectivity index (χ1n) is 10.3. The van der Waals surface area contributed by atoms with Crippen molar-refractivity contribution in [2.45, 2.75) is 65.7 Å². The summed E-state index contributed by atoms with van der Waals surface area (Å²) in [5.74, 6) is 0. The molecule has 0 aliphatic heterocycles. The highest BCUT2D eigenvalue weighted by Gasteiger charge is 2.21. The number of benzene rings is 1. The van der Waals surface area contributed by atoms with Crippen LogP contribution in [-0.2, 0) is 16.4 Å². The molecule has 0 atom stereocenters. The fraction of sp³-hybridized carbons (Fsp3) is 0.714. The minimum absolute atomic E-state index is 0. The van der Waals surface area contributed by atoms with Gasteiger partial charge in [-0.2, -0.15) is 0 Å². The van der Waals surface area contributed by atoms with Gasteiger partial charge in [0.15, 0.2) is 0 Å². The second-order valence-corrected chi connectivity index (χ2v) is 9.26. The number of nitrogens with one attached hydrogen (secondary N) is 1. The molecule has 0 spiro atoms. The van der Waals surface area contributed by atoms with E-state index in [-0.39, 0.29) is 17.0 Å². The van der Waals surface area contributed by atoms with E-state index < -0.39 is 10.0 Å². The van der Waals surface area contributed by atoms with Gasteiger partial charge in [0, 0.05) is 12.1 Å². The smallest absolute Gasteiger partial charge is 0.229 e. The highest BCUT2D eigenvalue weighted by atomic mass is 79.9. The topological polar surface area (TPSA) is 46.2 Å². The Morgan fingerprint density at radius 1 is 0.852 bits per heavy atom. The molecule has 1 rings (SSSR count). The molecule has 0 unspecified atom stereocenters. The molecule has 0 radical (unpaired) electrons. The quantitative estimate of drug-likeness (QED) is 0.338. The lowest BCUT2D eigenvalue weighted by Gasteiger charge is -2.37. The first kappa shape index (κ1) is 26.4. The zero-order valence-corrected chi connectivity index (χ0v) is 20.0. The first-order valence-corrected chi connectivity index (χ1v) is 12.1. The molecular weight excluding hydrogens is 424 g/mol. The summed E-state index contributed by atoms with van der Waals surface area (Å²) in [7, 11) is -3.20. The normalized spacial score (nSPS) is 11.9. The fourth-order valence-corrected chi connectivity index (χ4v) is 4.15. The van der Waals surface area contributed by atoms with Gasteiger partial charge in [-0.25, -0.2) is 8.42 Å². The third-order valence-electron chi connectivity index (χ3n) is 5.43. The van der Waals surface area contributed by atoms with Crippen molar-refractivity contribution in [2.75, 3.05) is 37.2 Å². The predicted molar refractivity (Wildman–Crippen MR) is 113 cm³/mol. The van der Waals surface area contributed by atoms with E-state index in [0.717, 1.165) is 6.42 Å². The lowest BCUT2D eigenvalue weighted by Crippen LogP contribution is -3.00. The Morgan fingerprint density at radius 2 is 1.41 bits per heavy atom. The van der Waals surface area contributed by atoms with Crippen LogP contribution < -0.4 is 21.7 Å². The van der Waals surface area contributed by atoms with Crippen LogP contribution in [-0.4, -0.2) is 45.3 Å². The number of unbranched alkanes of at least 4 members (excludes halogenated alkanes) is 4. The van der Waals surface area contributed by atoms with E-state index >= 15 is 0 Å². The van der Waals surface area contributed by atoms with Gasteiger partial charge >= 0.3 is 0 Å². The van der Waals surface area contributed by atoms with Crippen LogP contribution in [0.4, 0.5) is 5.69 Å². The van der Waals surface area contributed by atoms with Gasteiger partial charge in [0.2, 0.25) is 10.0 Å². The molecule has 0 aliphatic carbocycles. The van der Waals surface area contributed by atoms with Crippen molar-refractivity contribution in [2.24, 2.45) is 0 Å². The van der Waals surface area contributed by atoms with Crippen LogP contribution in [0.3, 0.4) is 0 Å².